The number of Topliss-reactive ketones (excluding diaryl/α,β-unsaturated/α-hetero) is 1. The number of ether oxygens (including phenoxy) is 3. The number of ketones is 1. The molecule has 0 amide bonds. The Labute approximate surface area is 117 Å². The lowest BCUT2D eigenvalue weighted by atomic mass is 9.98. The maximum Gasteiger partial charge on any atom is 0.311 e. The fraction of sp³-hybridized carbons (Fsp3) is 0.429. The Morgan fingerprint density at radius 1 is 1.15 bits per heavy atom. The summed E-state index contributed by atoms with van der Waals surface area (Å²) in [6.07, 6.45) is -0.126. The van der Waals surface area contributed by atoms with Gasteiger partial charge in [0.2, 0.25) is 0 Å². The molecule has 0 aliphatic carbocycles. The largest absolute Gasteiger partial charge is 0.493 e. The first kappa shape index (κ1) is 16.0. The molecule has 20 heavy (non-hydrogen) atoms. The Kier molecular flexibility index (Phi) is 5.99. The molecule has 110 valence electrons. The maximum atomic E-state index is 12.1. The lowest BCUT2D eigenvalue weighted by molar-refractivity contribution is -0.146. The molecule has 0 unspecified atom stereocenters. The molecule has 0 bridgehead atoms. The number of methoxy groups -OCH3 is 3. The lowest BCUT2D eigenvalue weighted by Crippen LogP contribution is -2.23. The maximum absolute atomic E-state index is 12.1. The average Bonchev–Trinajstić information content (AvgIpc) is 2.50. The summed E-state index contributed by atoms with van der Waals surface area (Å²) in [5, 5.41) is 9.11. The molecule has 1 N–H and O–H groups in total. The molecular weight excluding hydrogens is 264 g/mol. The van der Waals surface area contributed by atoms with Crippen molar-refractivity contribution in [1.29, 1.82) is 0 Å². The molecule has 6 heteroatoms. The molecule has 0 radical (unpaired) electrons. The zero-order valence-electron chi connectivity index (χ0n) is 11.7. The summed E-state index contributed by atoms with van der Waals surface area (Å²) in [6, 6.07) is 4.72. The summed E-state index contributed by atoms with van der Waals surface area (Å²) < 4.78 is 14.7. The van der Waals surface area contributed by atoms with Crippen LogP contribution < -0.4 is 9.47 Å². The van der Waals surface area contributed by atoms with Crippen LogP contribution in [0.1, 0.15) is 16.8 Å². The predicted molar refractivity (Wildman–Crippen MR) is 71.1 cm³/mol. The van der Waals surface area contributed by atoms with Crippen LogP contribution in [0, 0.1) is 5.92 Å². The minimum Gasteiger partial charge on any atom is -0.493 e. The van der Waals surface area contributed by atoms with Gasteiger partial charge in [0, 0.05) is 12.0 Å². The molecule has 0 aliphatic heterocycles. The van der Waals surface area contributed by atoms with Crippen LogP contribution in [-0.2, 0) is 9.53 Å². The smallest absolute Gasteiger partial charge is 0.311 e. The summed E-state index contributed by atoms with van der Waals surface area (Å²) in [5.41, 5.74) is 0.380. The van der Waals surface area contributed by atoms with E-state index >= 15 is 0 Å². The molecule has 1 atom stereocenters. The highest BCUT2D eigenvalue weighted by Crippen LogP contribution is 2.28. The number of aliphatic hydroxyl groups is 1. The van der Waals surface area contributed by atoms with Gasteiger partial charge in [0.15, 0.2) is 17.3 Å². The van der Waals surface area contributed by atoms with Gasteiger partial charge in [0.1, 0.15) is 0 Å². The number of benzene rings is 1. The lowest BCUT2D eigenvalue weighted by Gasteiger charge is -2.12. The van der Waals surface area contributed by atoms with Crippen molar-refractivity contribution in [3.8, 4) is 11.5 Å². The molecular formula is C14H18O6. The zero-order valence-corrected chi connectivity index (χ0v) is 11.7. The predicted octanol–water partition coefficient (Wildman–Crippen LogP) is 1.06. The van der Waals surface area contributed by atoms with Gasteiger partial charge in [0.05, 0.1) is 33.9 Å². The quantitative estimate of drug-likeness (QED) is 0.595. The monoisotopic (exact) mass is 282 g/mol. The minimum atomic E-state index is -0.861. The Morgan fingerprint density at radius 3 is 2.30 bits per heavy atom. The van der Waals surface area contributed by atoms with E-state index in [9.17, 15) is 9.59 Å². The summed E-state index contributed by atoms with van der Waals surface area (Å²) in [5.74, 6) is -0.815. The highest BCUT2D eigenvalue weighted by atomic mass is 16.5. The molecule has 0 aliphatic rings. The van der Waals surface area contributed by atoms with E-state index in [4.69, 9.17) is 14.6 Å². The third-order valence-corrected chi connectivity index (χ3v) is 2.89. The number of rotatable bonds is 7. The van der Waals surface area contributed by atoms with Crippen LogP contribution in [0.25, 0.3) is 0 Å². The number of aliphatic hydroxyl groups excluding tert-OH is 1. The van der Waals surface area contributed by atoms with Crippen LogP contribution in [-0.4, -0.2) is 44.8 Å². The van der Waals surface area contributed by atoms with Crippen LogP contribution in [0.4, 0.5) is 0 Å². The van der Waals surface area contributed by atoms with Crippen molar-refractivity contribution in [3.05, 3.63) is 23.8 Å². The summed E-state index contributed by atoms with van der Waals surface area (Å²) in [6.45, 7) is -0.439. The highest BCUT2D eigenvalue weighted by Gasteiger charge is 2.23. The third kappa shape index (κ3) is 3.71. The average molecular weight is 282 g/mol. The van der Waals surface area contributed by atoms with Crippen molar-refractivity contribution in [3.63, 3.8) is 0 Å². The molecule has 1 aromatic rings. The van der Waals surface area contributed by atoms with Gasteiger partial charge >= 0.3 is 5.97 Å². The van der Waals surface area contributed by atoms with Crippen LogP contribution in [0.15, 0.2) is 18.2 Å². The van der Waals surface area contributed by atoms with E-state index in [1.165, 1.54) is 27.4 Å². The third-order valence-electron chi connectivity index (χ3n) is 2.89. The molecule has 0 spiro atoms. The van der Waals surface area contributed by atoms with Crippen LogP contribution >= 0.6 is 0 Å². The topological polar surface area (TPSA) is 82.1 Å². The van der Waals surface area contributed by atoms with Gasteiger partial charge in [-0.2, -0.15) is 0 Å². The molecule has 1 rings (SSSR count). The standard InChI is InChI=1S/C14H18O6/c1-18-12-5-4-9(7-13(12)19-2)11(16)6-10(8-15)14(17)20-3/h4-5,7,10,15H,6,8H2,1-3H3/t10-/m0/s1. The minimum absolute atomic E-state index is 0.126. The van der Waals surface area contributed by atoms with Gasteiger partial charge in [-0.1, -0.05) is 0 Å². The Morgan fingerprint density at radius 2 is 1.80 bits per heavy atom. The number of esters is 1. The number of hydrogen-bond acceptors (Lipinski definition) is 6. The first-order valence-corrected chi connectivity index (χ1v) is 6.01. The SMILES string of the molecule is COC(=O)[C@H](CO)CC(=O)c1ccc(OC)c(OC)c1. The number of carbonyl (C=O) groups is 2. The summed E-state index contributed by atoms with van der Waals surface area (Å²) in [4.78, 5) is 23.4. The van der Waals surface area contributed by atoms with Crippen molar-refractivity contribution in [2.45, 2.75) is 6.42 Å². The van der Waals surface area contributed by atoms with Crippen molar-refractivity contribution >= 4 is 11.8 Å². The van der Waals surface area contributed by atoms with Crippen LogP contribution in [0.5, 0.6) is 11.5 Å². The van der Waals surface area contributed by atoms with E-state index in [1.54, 1.807) is 12.1 Å². The van der Waals surface area contributed by atoms with E-state index in [0.717, 1.165) is 0 Å². The Balaban J connectivity index is 2.89. The summed E-state index contributed by atoms with van der Waals surface area (Å²) in [7, 11) is 4.18. The first-order valence-electron chi connectivity index (χ1n) is 6.01. The van der Waals surface area contributed by atoms with E-state index in [1.807, 2.05) is 0 Å². The first-order chi connectivity index (χ1) is 9.57. The van der Waals surface area contributed by atoms with E-state index in [-0.39, 0.29) is 12.2 Å². The second-order valence-electron chi connectivity index (χ2n) is 4.10. The second kappa shape index (κ2) is 7.49. The fourth-order valence-corrected chi connectivity index (χ4v) is 1.74. The highest BCUT2D eigenvalue weighted by molar-refractivity contribution is 5.98. The molecule has 1 aromatic carbocycles. The molecule has 0 fully saturated rings. The van der Waals surface area contributed by atoms with E-state index in [0.29, 0.717) is 17.1 Å². The number of hydrogen-bond donors (Lipinski definition) is 1. The van der Waals surface area contributed by atoms with Crippen molar-refractivity contribution in [2.24, 2.45) is 5.92 Å². The van der Waals surface area contributed by atoms with E-state index in [2.05, 4.69) is 4.74 Å². The van der Waals surface area contributed by atoms with Crippen molar-refractivity contribution in [1.82, 2.24) is 0 Å². The fourth-order valence-electron chi connectivity index (χ4n) is 1.74. The Bertz CT molecular complexity index is 483. The zero-order chi connectivity index (χ0) is 15.1. The van der Waals surface area contributed by atoms with Gasteiger partial charge in [-0.25, -0.2) is 0 Å². The second-order valence-corrected chi connectivity index (χ2v) is 4.10. The van der Waals surface area contributed by atoms with Crippen molar-refractivity contribution in [2.75, 3.05) is 27.9 Å². The molecule has 0 aromatic heterocycles. The molecule has 0 heterocycles. The van der Waals surface area contributed by atoms with Crippen LogP contribution in [0.3, 0.4) is 0 Å². The van der Waals surface area contributed by atoms with Crippen LogP contribution in [0.2, 0.25) is 0 Å². The molecule has 0 saturated heterocycles. The van der Waals surface area contributed by atoms with Gasteiger partial charge in [-0.05, 0) is 18.2 Å². The van der Waals surface area contributed by atoms with E-state index < -0.39 is 18.5 Å². The number of carbonyl (C=O) groups excluding carboxylic acids is 2. The summed E-state index contributed by atoms with van der Waals surface area (Å²) >= 11 is 0. The van der Waals surface area contributed by atoms with Gasteiger partial charge in [-0.3, -0.25) is 9.59 Å². The van der Waals surface area contributed by atoms with Gasteiger partial charge in [-0.15, -0.1) is 0 Å². The molecule has 6 nitrogen and oxygen atoms in total. The van der Waals surface area contributed by atoms with Crippen molar-refractivity contribution < 1.29 is 28.9 Å². The van der Waals surface area contributed by atoms with Gasteiger partial charge in [0.25, 0.3) is 0 Å². The normalized spacial score (nSPS) is 11.6. The molecule has 0 saturated carbocycles. The Hall–Kier alpha value is -2.08. The van der Waals surface area contributed by atoms with Gasteiger partial charge < -0.3 is 19.3 Å².